The van der Waals surface area contributed by atoms with Gasteiger partial charge in [-0.15, -0.1) is 0 Å². The summed E-state index contributed by atoms with van der Waals surface area (Å²) >= 11 is 0. The van der Waals surface area contributed by atoms with Gasteiger partial charge >= 0.3 is 6.09 Å². The molecule has 0 saturated carbocycles. The topological polar surface area (TPSA) is 63.6 Å². The molecule has 0 fully saturated rings. The Labute approximate surface area is 161 Å². The molecule has 146 valence electrons. The van der Waals surface area contributed by atoms with Crippen LogP contribution in [0, 0.1) is 0 Å². The Kier molecular flexibility index (Phi) is 5.98. The van der Waals surface area contributed by atoms with Gasteiger partial charge in [-0.3, -0.25) is 4.79 Å². The average Bonchev–Trinajstić information content (AvgIpc) is 3.05. The zero-order valence-electron chi connectivity index (χ0n) is 16.9. The predicted octanol–water partition coefficient (Wildman–Crippen LogP) is 3.85. The number of ether oxygens (including phenoxy) is 1. The zero-order chi connectivity index (χ0) is 20.2. The van der Waals surface area contributed by atoms with E-state index >= 15 is 0 Å². The number of amides is 2. The molecule has 1 N–H and O–H groups in total. The normalized spacial score (nSPS) is 11.8. The first-order chi connectivity index (χ1) is 12.5. The van der Waals surface area contributed by atoms with Crippen molar-refractivity contribution >= 4 is 12.0 Å². The molecule has 2 aromatic rings. The molecular weight excluding hydrogens is 342 g/mol. The molecule has 1 heterocycles. The second-order valence-corrected chi connectivity index (χ2v) is 8.31. The third-order valence-corrected chi connectivity index (χ3v) is 3.84. The van der Waals surface area contributed by atoms with Crippen LogP contribution in [-0.2, 0) is 4.74 Å². The molecule has 0 aliphatic carbocycles. The van der Waals surface area contributed by atoms with E-state index in [0.29, 0.717) is 12.1 Å². The lowest BCUT2D eigenvalue weighted by Gasteiger charge is -2.32. The summed E-state index contributed by atoms with van der Waals surface area (Å²) in [6.07, 6.45) is 3.41. The number of carbonyl (C=O) groups excluding carboxylic acids is 2. The van der Waals surface area contributed by atoms with Gasteiger partial charge in [0.2, 0.25) is 0 Å². The van der Waals surface area contributed by atoms with E-state index in [9.17, 15) is 9.59 Å². The van der Waals surface area contributed by atoms with Crippen molar-refractivity contribution in [3.63, 3.8) is 0 Å². The minimum absolute atomic E-state index is 0.104. The van der Waals surface area contributed by atoms with Crippen molar-refractivity contribution < 1.29 is 14.3 Å². The summed E-state index contributed by atoms with van der Waals surface area (Å²) in [7, 11) is 1.72. The number of carbonyl (C=O) groups is 2. The molecule has 0 unspecified atom stereocenters. The van der Waals surface area contributed by atoms with Crippen molar-refractivity contribution in [3.8, 4) is 5.69 Å². The van der Waals surface area contributed by atoms with Crippen LogP contribution in [0.2, 0.25) is 0 Å². The maximum absolute atomic E-state index is 12.7. The van der Waals surface area contributed by atoms with E-state index in [4.69, 9.17) is 4.74 Å². The Morgan fingerprint density at radius 3 is 2.11 bits per heavy atom. The van der Waals surface area contributed by atoms with Crippen LogP contribution in [-0.4, -0.2) is 46.2 Å². The first kappa shape index (κ1) is 20.6. The number of nitrogens with one attached hydrogen (secondary N) is 1. The molecule has 0 aliphatic heterocycles. The molecule has 1 aromatic heterocycles. The van der Waals surface area contributed by atoms with Gasteiger partial charge in [0.05, 0.1) is 5.54 Å². The summed E-state index contributed by atoms with van der Waals surface area (Å²) < 4.78 is 7.27. The van der Waals surface area contributed by atoms with Crippen LogP contribution in [0.4, 0.5) is 4.79 Å². The predicted molar refractivity (Wildman–Crippen MR) is 106 cm³/mol. The molecule has 0 bridgehead atoms. The van der Waals surface area contributed by atoms with Gasteiger partial charge < -0.3 is 19.5 Å². The lowest BCUT2D eigenvalue weighted by Crippen LogP contribution is -2.52. The number of hydrogen-bond acceptors (Lipinski definition) is 3. The maximum Gasteiger partial charge on any atom is 0.408 e. The second kappa shape index (κ2) is 7.86. The van der Waals surface area contributed by atoms with Crippen LogP contribution in [0.25, 0.3) is 5.69 Å². The third kappa shape index (κ3) is 6.16. The van der Waals surface area contributed by atoms with Gasteiger partial charge in [-0.2, -0.15) is 0 Å². The quantitative estimate of drug-likeness (QED) is 0.868. The van der Waals surface area contributed by atoms with E-state index in [-0.39, 0.29) is 5.91 Å². The first-order valence-electron chi connectivity index (χ1n) is 8.97. The van der Waals surface area contributed by atoms with Gasteiger partial charge in [0, 0.05) is 37.2 Å². The highest BCUT2D eigenvalue weighted by Gasteiger charge is 2.27. The van der Waals surface area contributed by atoms with Crippen molar-refractivity contribution in [3.05, 3.63) is 54.4 Å². The number of nitrogens with zero attached hydrogens (tertiary/aromatic N) is 2. The molecule has 27 heavy (non-hydrogen) atoms. The molecule has 6 heteroatoms. The van der Waals surface area contributed by atoms with E-state index in [2.05, 4.69) is 5.32 Å². The molecule has 2 amide bonds. The summed E-state index contributed by atoms with van der Waals surface area (Å²) in [5.74, 6) is -0.104. The Balaban J connectivity index is 1.98. The van der Waals surface area contributed by atoms with Crippen molar-refractivity contribution in [2.45, 2.75) is 45.8 Å². The number of alkyl carbamates (subject to hydrolysis) is 1. The van der Waals surface area contributed by atoms with Gasteiger partial charge in [-0.05, 0) is 71.0 Å². The minimum atomic E-state index is -0.627. The largest absolute Gasteiger partial charge is 0.444 e. The highest BCUT2D eigenvalue weighted by Crippen LogP contribution is 2.14. The Hall–Kier alpha value is -2.76. The molecule has 1 aromatic carbocycles. The van der Waals surface area contributed by atoms with Crippen LogP contribution < -0.4 is 5.32 Å². The van der Waals surface area contributed by atoms with Gasteiger partial charge in [-0.1, -0.05) is 0 Å². The highest BCUT2D eigenvalue weighted by atomic mass is 16.6. The number of benzene rings is 1. The fraction of sp³-hybridized carbons (Fsp3) is 0.429. The van der Waals surface area contributed by atoms with E-state index in [0.717, 1.165) is 5.69 Å². The molecule has 2 rings (SSSR count). The smallest absolute Gasteiger partial charge is 0.408 e. The summed E-state index contributed by atoms with van der Waals surface area (Å²) in [6, 6.07) is 11.3. The molecular formula is C21H29N3O3. The van der Waals surface area contributed by atoms with E-state index in [1.165, 1.54) is 0 Å². The lowest BCUT2D eigenvalue weighted by molar-refractivity contribution is 0.0441. The Bertz CT molecular complexity index is 772. The number of rotatable bonds is 5. The molecule has 0 radical (unpaired) electrons. The van der Waals surface area contributed by atoms with Gasteiger partial charge in [0.1, 0.15) is 5.60 Å². The fourth-order valence-electron chi connectivity index (χ4n) is 2.79. The van der Waals surface area contributed by atoms with Crippen molar-refractivity contribution in [2.75, 3.05) is 13.6 Å². The maximum atomic E-state index is 12.7. The molecule has 0 aliphatic rings. The van der Waals surface area contributed by atoms with Crippen LogP contribution in [0.1, 0.15) is 45.0 Å². The van der Waals surface area contributed by atoms with Gasteiger partial charge in [0.25, 0.3) is 5.91 Å². The number of likely N-dealkylation sites (N-methyl/N-ethyl adjacent to an activating group) is 1. The number of aromatic nitrogens is 1. The SMILES string of the molecule is CN(CC(C)(C)NC(=O)OC(C)(C)C)C(=O)c1ccc(-n2cccc2)cc1. The van der Waals surface area contributed by atoms with Crippen LogP contribution in [0.3, 0.4) is 0 Å². The van der Waals surface area contributed by atoms with E-state index < -0.39 is 17.2 Å². The van der Waals surface area contributed by atoms with E-state index in [1.807, 2.05) is 88.0 Å². The van der Waals surface area contributed by atoms with Crippen LogP contribution in [0.5, 0.6) is 0 Å². The lowest BCUT2D eigenvalue weighted by atomic mass is 10.0. The molecule has 0 spiro atoms. The third-order valence-electron chi connectivity index (χ3n) is 3.84. The van der Waals surface area contributed by atoms with Crippen molar-refractivity contribution in [2.24, 2.45) is 0 Å². The fourth-order valence-corrected chi connectivity index (χ4v) is 2.79. The van der Waals surface area contributed by atoms with Crippen molar-refractivity contribution in [1.29, 1.82) is 0 Å². The van der Waals surface area contributed by atoms with Gasteiger partial charge in [0.15, 0.2) is 0 Å². The van der Waals surface area contributed by atoms with Crippen LogP contribution in [0.15, 0.2) is 48.8 Å². The minimum Gasteiger partial charge on any atom is -0.444 e. The standard InChI is InChI=1S/C21H29N3O3/c1-20(2,3)27-19(26)22-21(4,5)15-23(6)18(25)16-9-11-17(12-10-16)24-13-7-8-14-24/h7-14H,15H2,1-6H3,(H,22,26). The second-order valence-electron chi connectivity index (χ2n) is 8.31. The van der Waals surface area contributed by atoms with Crippen molar-refractivity contribution in [1.82, 2.24) is 14.8 Å². The summed E-state index contributed by atoms with van der Waals surface area (Å²) in [6.45, 7) is 9.50. The summed E-state index contributed by atoms with van der Waals surface area (Å²) in [5, 5.41) is 2.82. The Morgan fingerprint density at radius 2 is 1.59 bits per heavy atom. The summed E-state index contributed by atoms with van der Waals surface area (Å²) in [4.78, 5) is 26.3. The van der Waals surface area contributed by atoms with Crippen LogP contribution >= 0.6 is 0 Å². The molecule has 0 saturated heterocycles. The monoisotopic (exact) mass is 371 g/mol. The zero-order valence-corrected chi connectivity index (χ0v) is 16.9. The summed E-state index contributed by atoms with van der Waals surface area (Å²) in [5.41, 5.74) is 0.397. The average molecular weight is 371 g/mol. The molecule has 0 atom stereocenters. The van der Waals surface area contributed by atoms with Gasteiger partial charge in [-0.25, -0.2) is 4.79 Å². The highest BCUT2D eigenvalue weighted by molar-refractivity contribution is 5.94. The Morgan fingerprint density at radius 1 is 1.04 bits per heavy atom. The number of hydrogen-bond donors (Lipinski definition) is 1. The first-order valence-corrected chi connectivity index (χ1v) is 8.97. The van der Waals surface area contributed by atoms with E-state index in [1.54, 1.807) is 11.9 Å². The molecule has 6 nitrogen and oxygen atoms in total.